The standard InChI is InChI=1S/C11H13F2NO2/c12-9-4-8(5-10(13)6-9)11(7-14)15-2-1-3-16-11/h4-6H,1-3,7,14H2. The van der Waals surface area contributed by atoms with E-state index in [1.165, 1.54) is 12.1 Å². The van der Waals surface area contributed by atoms with E-state index in [-0.39, 0.29) is 12.1 Å². The van der Waals surface area contributed by atoms with Crippen LogP contribution in [0.4, 0.5) is 8.78 Å². The second-order valence-electron chi connectivity index (χ2n) is 3.67. The Hall–Kier alpha value is -1.04. The Kier molecular flexibility index (Phi) is 3.18. The van der Waals surface area contributed by atoms with Crippen molar-refractivity contribution in [3.8, 4) is 0 Å². The van der Waals surface area contributed by atoms with Crippen LogP contribution in [0.2, 0.25) is 0 Å². The predicted octanol–water partition coefficient (Wildman–Crippen LogP) is 1.51. The number of rotatable bonds is 2. The average molecular weight is 229 g/mol. The van der Waals surface area contributed by atoms with Crippen LogP contribution >= 0.6 is 0 Å². The van der Waals surface area contributed by atoms with Gasteiger partial charge in [0.15, 0.2) is 0 Å². The SMILES string of the molecule is NCC1(c2cc(F)cc(F)c2)OCCCO1. The molecule has 1 heterocycles. The molecule has 2 rings (SSSR count). The maximum absolute atomic E-state index is 13.1. The normalized spacial score (nSPS) is 19.7. The lowest BCUT2D eigenvalue weighted by Crippen LogP contribution is -2.44. The minimum Gasteiger partial charge on any atom is -0.345 e. The van der Waals surface area contributed by atoms with Crippen LogP contribution < -0.4 is 5.73 Å². The van der Waals surface area contributed by atoms with Gasteiger partial charge in [0.25, 0.3) is 0 Å². The summed E-state index contributed by atoms with van der Waals surface area (Å²) in [6, 6.07) is 3.17. The van der Waals surface area contributed by atoms with Crippen LogP contribution in [0.3, 0.4) is 0 Å². The summed E-state index contributed by atoms with van der Waals surface area (Å²) in [6.45, 7) is 0.959. The van der Waals surface area contributed by atoms with Gasteiger partial charge >= 0.3 is 0 Å². The van der Waals surface area contributed by atoms with Crippen molar-refractivity contribution in [3.63, 3.8) is 0 Å². The lowest BCUT2D eigenvalue weighted by atomic mass is 10.0. The van der Waals surface area contributed by atoms with E-state index in [2.05, 4.69) is 0 Å². The highest BCUT2D eigenvalue weighted by Crippen LogP contribution is 2.30. The second-order valence-corrected chi connectivity index (χ2v) is 3.67. The molecule has 0 bridgehead atoms. The first-order valence-electron chi connectivity index (χ1n) is 5.11. The van der Waals surface area contributed by atoms with Crippen molar-refractivity contribution in [1.82, 2.24) is 0 Å². The summed E-state index contributed by atoms with van der Waals surface area (Å²) in [6.07, 6.45) is 0.750. The van der Waals surface area contributed by atoms with E-state index in [0.29, 0.717) is 13.2 Å². The highest BCUT2D eigenvalue weighted by Gasteiger charge is 2.36. The van der Waals surface area contributed by atoms with Crippen molar-refractivity contribution in [2.24, 2.45) is 5.73 Å². The molecule has 0 aromatic heterocycles. The first-order valence-corrected chi connectivity index (χ1v) is 5.11. The molecular formula is C11H13F2NO2. The van der Waals surface area contributed by atoms with Crippen LogP contribution in [0.25, 0.3) is 0 Å². The Balaban J connectivity index is 2.38. The van der Waals surface area contributed by atoms with Gasteiger partial charge in [-0.15, -0.1) is 0 Å². The van der Waals surface area contributed by atoms with E-state index in [1.54, 1.807) is 0 Å². The van der Waals surface area contributed by atoms with Crippen LogP contribution in [-0.4, -0.2) is 19.8 Å². The quantitative estimate of drug-likeness (QED) is 0.836. The maximum atomic E-state index is 13.1. The first kappa shape index (κ1) is 11.4. The monoisotopic (exact) mass is 229 g/mol. The summed E-state index contributed by atoms with van der Waals surface area (Å²) in [5.41, 5.74) is 5.86. The molecule has 0 unspecified atom stereocenters. The number of benzene rings is 1. The molecule has 1 aliphatic rings. The molecule has 0 atom stereocenters. The van der Waals surface area contributed by atoms with Crippen LogP contribution in [0.1, 0.15) is 12.0 Å². The summed E-state index contributed by atoms with van der Waals surface area (Å²) in [7, 11) is 0. The van der Waals surface area contributed by atoms with Gasteiger partial charge in [0, 0.05) is 11.6 Å². The third-order valence-electron chi connectivity index (χ3n) is 2.53. The van der Waals surface area contributed by atoms with Crippen molar-refractivity contribution in [2.75, 3.05) is 19.8 Å². The molecular weight excluding hydrogens is 216 g/mol. The highest BCUT2D eigenvalue weighted by molar-refractivity contribution is 5.23. The van der Waals surface area contributed by atoms with Crippen LogP contribution in [0.5, 0.6) is 0 Å². The van der Waals surface area contributed by atoms with Crippen molar-refractivity contribution in [3.05, 3.63) is 35.4 Å². The number of hydrogen-bond acceptors (Lipinski definition) is 3. The molecule has 1 fully saturated rings. The van der Waals surface area contributed by atoms with Gasteiger partial charge in [-0.05, 0) is 18.6 Å². The van der Waals surface area contributed by atoms with Crippen LogP contribution in [-0.2, 0) is 15.3 Å². The zero-order valence-corrected chi connectivity index (χ0v) is 8.71. The van der Waals surface area contributed by atoms with E-state index in [1.807, 2.05) is 0 Å². The fourth-order valence-corrected chi connectivity index (χ4v) is 1.75. The highest BCUT2D eigenvalue weighted by atomic mass is 19.1. The molecule has 5 heteroatoms. The summed E-state index contributed by atoms with van der Waals surface area (Å²) < 4.78 is 37.1. The molecule has 0 amide bonds. The predicted molar refractivity (Wildman–Crippen MR) is 53.6 cm³/mol. The Morgan fingerprint density at radius 2 is 1.69 bits per heavy atom. The molecule has 1 aliphatic heterocycles. The summed E-state index contributed by atoms with van der Waals surface area (Å²) in [4.78, 5) is 0. The van der Waals surface area contributed by atoms with Crippen molar-refractivity contribution < 1.29 is 18.3 Å². The Morgan fingerprint density at radius 1 is 1.12 bits per heavy atom. The Labute approximate surface area is 92.1 Å². The molecule has 0 spiro atoms. The summed E-state index contributed by atoms with van der Waals surface area (Å²) in [5.74, 6) is -2.54. The minimum absolute atomic E-state index is 0.0237. The molecule has 0 aliphatic carbocycles. The molecule has 3 nitrogen and oxygen atoms in total. The number of nitrogens with two attached hydrogens (primary N) is 1. The van der Waals surface area contributed by atoms with Crippen molar-refractivity contribution in [1.29, 1.82) is 0 Å². The van der Waals surface area contributed by atoms with Gasteiger partial charge in [0.2, 0.25) is 5.79 Å². The van der Waals surface area contributed by atoms with Gasteiger partial charge < -0.3 is 15.2 Å². The Bertz CT molecular complexity index is 358. The molecule has 0 radical (unpaired) electrons. The molecule has 1 aromatic carbocycles. The lowest BCUT2D eigenvalue weighted by molar-refractivity contribution is -0.269. The topological polar surface area (TPSA) is 44.5 Å². The number of ether oxygens (including phenoxy) is 2. The van der Waals surface area contributed by atoms with Gasteiger partial charge in [0.05, 0.1) is 19.8 Å². The smallest absolute Gasteiger partial charge is 0.207 e. The Morgan fingerprint density at radius 3 is 2.19 bits per heavy atom. The zero-order chi connectivity index (χ0) is 11.6. The van der Waals surface area contributed by atoms with Gasteiger partial charge in [-0.1, -0.05) is 0 Å². The zero-order valence-electron chi connectivity index (χ0n) is 8.71. The van der Waals surface area contributed by atoms with Crippen molar-refractivity contribution >= 4 is 0 Å². The van der Waals surface area contributed by atoms with E-state index >= 15 is 0 Å². The molecule has 1 aromatic rings. The molecule has 0 saturated carbocycles. The fourth-order valence-electron chi connectivity index (χ4n) is 1.75. The van der Waals surface area contributed by atoms with E-state index in [0.717, 1.165) is 12.5 Å². The minimum atomic E-state index is -1.21. The largest absolute Gasteiger partial charge is 0.345 e. The molecule has 16 heavy (non-hydrogen) atoms. The first-order chi connectivity index (χ1) is 7.66. The average Bonchev–Trinajstić information content (AvgIpc) is 2.28. The number of hydrogen-bond donors (Lipinski definition) is 1. The molecule has 1 saturated heterocycles. The third kappa shape index (κ3) is 2.07. The maximum Gasteiger partial charge on any atom is 0.207 e. The van der Waals surface area contributed by atoms with Crippen LogP contribution in [0, 0.1) is 11.6 Å². The third-order valence-corrected chi connectivity index (χ3v) is 2.53. The van der Waals surface area contributed by atoms with Crippen molar-refractivity contribution in [2.45, 2.75) is 12.2 Å². The van der Waals surface area contributed by atoms with Gasteiger partial charge in [-0.2, -0.15) is 0 Å². The number of halogens is 2. The van der Waals surface area contributed by atoms with E-state index in [9.17, 15) is 8.78 Å². The molecule has 2 N–H and O–H groups in total. The lowest BCUT2D eigenvalue weighted by Gasteiger charge is -2.36. The van der Waals surface area contributed by atoms with E-state index in [4.69, 9.17) is 15.2 Å². The van der Waals surface area contributed by atoms with E-state index < -0.39 is 17.4 Å². The van der Waals surface area contributed by atoms with Crippen LogP contribution in [0.15, 0.2) is 18.2 Å². The summed E-state index contributed by atoms with van der Waals surface area (Å²) >= 11 is 0. The molecule has 88 valence electrons. The fraction of sp³-hybridized carbons (Fsp3) is 0.455. The van der Waals surface area contributed by atoms with Gasteiger partial charge in [0.1, 0.15) is 11.6 Å². The summed E-state index contributed by atoms with van der Waals surface area (Å²) in [5, 5.41) is 0. The second kappa shape index (κ2) is 4.45. The van der Waals surface area contributed by atoms with Gasteiger partial charge in [-0.25, -0.2) is 8.78 Å². The van der Waals surface area contributed by atoms with Gasteiger partial charge in [-0.3, -0.25) is 0 Å².